The van der Waals surface area contributed by atoms with Crippen LogP contribution in [0.3, 0.4) is 0 Å². The van der Waals surface area contributed by atoms with Gasteiger partial charge < -0.3 is 29.9 Å². The van der Waals surface area contributed by atoms with Crippen molar-refractivity contribution in [2.45, 2.75) is 0 Å². The van der Waals surface area contributed by atoms with Crippen LogP contribution in [-0.2, 0) is 0 Å². The van der Waals surface area contributed by atoms with E-state index in [1.807, 2.05) is 0 Å². The van der Waals surface area contributed by atoms with Crippen LogP contribution in [-0.4, -0.2) is 55.1 Å². The molecule has 8 heteroatoms. The molecule has 0 aliphatic heterocycles. The first-order valence-electron chi connectivity index (χ1n) is 6.12. The van der Waals surface area contributed by atoms with E-state index in [1.165, 1.54) is 6.07 Å². The van der Waals surface area contributed by atoms with Crippen LogP contribution in [0.4, 0.5) is 0 Å². The van der Waals surface area contributed by atoms with Gasteiger partial charge in [-0.1, -0.05) is 0 Å². The molecular formula is C15H11NaO7. The summed E-state index contributed by atoms with van der Waals surface area (Å²) in [4.78, 5) is 12.1. The maximum absolute atomic E-state index is 12.1. The third kappa shape index (κ3) is 2.81. The molecule has 3 rings (SSSR count). The number of benzene rings is 2. The third-order valence-corrected chi connectivity index (χ3v) is 3.17. The van der Waals surface area contributed by atoms with E-state index in [0.29, 0.717) is 0 Å². The van der Waals surface area contributed by atoms with Crippen molar-refractivity contribution in [1.82, 2.24) is 0 Å². The zero-order valence-electron chi connectivity index (χ0n) is 10.9. The molecule has 0 aliphatic carbocycles. The summed E-state index contributed by atoms with van der Waals surface area (Å²) >= 11 is 0. The minimum atomic E-state index is -0.888. The molecule has 5 N–H and O–H groups in total. The van der Waals surface area contributed by atoms with E-state index in [4.69, 9.17) is 4.42 Å². The average Bonchev–Trinajstić information content (AvgIpc) is 2.45. The zero-order valence-corrected chi connectivity index (χ0v) is 10.9. The van der Waals surface area contributed by atoms with Gasteiger partial charge in [-0.25, -0.2) is 0 Å². The maximum atomic E-state index is 12.1. The molecule has 2 aromatic carbocycles. The van der Waals surface area contributed by atoms with Crippen LogP contribution in [0, 0.1) is 0 Å². The first-order chi connectivity index (χ1) is 10.4. The quantitative estimate of drug-likeness (QED) is 0.337. The molecule has 23 heavy (non-hydrogen) atoms. The molecule has 0 saturated carbocycles. The average molecular weight is 326 g/mol. The summed E-state index contributed by atoms with van der Waals surface area (Å²) < 4.78 is 5.35. The summed E-state index contributed by atoms with van der Waals surface area (Å²) in [7, 11) is 0. The number of fused-ring (bicyclic) bond motifs is 1. The SMILES string of the molecule is O=c1c(O)c(-c2ccc(O)c(O)c2)oc2cc(O)cc(O)c12.[NaH]. The summed E-state index contributed by atoms with van der Waals surface area (Å²) in [5.74, 6) is -2.71. The Hall–Kier alpha value is -2.35. The molecule has 0 amide bonds. The second kappa shape index (κ2) is 6.04. The number of aromatic hydroxyl groups is 5. The van der Waals surface area contributed by atoms with Crippen molar-refractivity contribution in [3.63, 3.8) is 0 Å². The molecule has 0 aliphatic rings. The Balaban J connectivity index is 0.00000192. The van der Waals surface area contributed by atoms with Crippen molar-refractivity contribution in [3.05, 3.63) is 40.6 Å². The molecule has 0 bridgehead atoms. The molecular weight excluding hydrogens is 315 g/mol. The van der Waals surface area contributed by atoms with Crippen LogP contribution >= 0.6 is 0 Å². The Labute approximate surface area is 151 Å². The van der Waals surface area contributed by atoms with E-state index in [9.17, 15) is 30.3 Å². The van der Waals surface area contributed by atoms with Crippen molar-refractivity contribution in [3.8, 4) is 40.1 Å². The molecule has 0 unspecified atom stereocenters. The van der Waals surface area contributed by atoms with Crippen LogP contribution in [0.2, 0.25) is 0 Å². The zero-order chi connectivity index (χ0) is 16.0. The molecule has 0 atom stereocenters. The molecule has 7 nitrogen and oxygen atoms in total. The van der Waals surface area contributed by atoms with E-state index >= 15 is 0 Å². The van der Waals surface area contributed by atoms with E-state index in [1.54, 1.807) is 0 Å². The number of rotatable bonds is 1. The standard InChI is InChI=1S/C15H10O7.Na.H/c16-7-4-10(19)12-11(5-7)22-15(14(21)13(12)20)6-1-2-8(17)9(18)3-6;;/h1-5,16-19,21H;;. The van der Waals surface area contributed by atoms with Gasteiger partial charge in [0.1, 0.15) is 22.5 Å². The summed E-state index contributed by atoms with van der Waals surface area (Å²) in [6.45, 7) is 0. The monoisotopic (exact) mass is 326 g/mol. The first-order valence-corrected chi connectivity index (χ1v) is 6.12. The Morgan fingerprint density at radius 1 is 0.826 bits per heavy atom. The molecule has 0 saturated heterocycles. The summed E-state index contributed by atoms with van der Waals surface area (Å²) in [5.41, 5.74) is -0.890. The molecule has 114 valence electrons. The topological polar surface area (TPSA) is 131 Å². The van der Waals surface area contributed by atoms with E-state index in [0.717, 1.165) is 24.3 Å². The molecule has 1 heterocycles. The van der Waals surface area contributed by atoms with E-state index in [2.05, 4.69) is 0 Å². The van der Waals surface area contributed by atoms with Crippen molar-refractivity contribution >= 4 is 40.5 Å². The van der Waals surface area contributed by atoms with Crippen LogP contribution in [0.25, 0.3) is 22.3 Å². The molecule has 0 spiro atoms. The predicted molar refractivity (Wildman–Crippen MR) is 83.4 cm³/mol. The fourth-order valence-electron chi connectivity index (χ4n) is 2.14. The van der Waals surface area contributed by atoms with Crippen molar-refractivity contribution in [2.75, 3.05) is 0 Å². The van der Waals surface area contributed by atoms with Gasteiger partial charge in [0, 0.05) is 17.7 Å². The van der Waals surface area contributed by atoms with Gasteiger partial charge in [0.25, 0.3) is 0 Å². The van der Waals surface area contributed by atoms with Gasteiger partial charge in [0.15, 0.2) is 17.3 Å². The molecule has 3 aromatic rings. The fourth-order valence-corrected chi connectivity index (χ4v) is 2.14. The van der Waals surface area contributed by atoms with Gasteiger partial charge in [0.05, 0.1) is 0 Å². The Kier molecular flexibility index (Phi) is 4.46. The van der Waals surface area contributed by atoms with Crippen LogP contribution < -0.4 is 5.43 Å². The van der Waals surface area contributed by atoms with Gasteiger partial charge in [-0.3, -0.25) is 4.79 Å². The predicted octanol–water partition coefficient (Wildman–Crippen LogP) is 1.34. The van der Waals surface area contributed by atoms with Crippen molar-refractivity contribution in [1.29, 1.82) is 0 Å². The minimum absolute atomic E-state index is 0. The first kappa shape index (κ1) is 17.0. The molecule has 1 aromatic heterocycles. The fraction of sp³-hybridized carbons (Fsp3) is 0. The van der Waals surface area contributed by atoms with E-state index < -0.39 is 22.7 Å². The van der Waals surface area contributed by atoms with Gasteiger partial charge in [-0.15, -0.1) is 0 Å². The molecule has 0 radical (unpaired) electrons. The third-order valence-electron chi connectivity index (χ3n) is 3.17. The Morgan fingerprint density at radius 2 is 1.52 bits per heavy atom. The van der Waals surface area contributed by atoms with Gasteiger partial charge in [0.2, 0.25) is 11.2 Å². The Morgan fingerprint density at radius 3 is 2.17 bits per heavy atom. The summed E-state index contributed by atoms with van der Waals surface area (Å²) in [5, 5.41) is 47.6. The van der Waals surface area contributed by atoms with Crippen molar-refractivity contribution < 1.29 is 29.9 Å². The van der Waals surface area contributed by atoms with E-state index in [-0.39, 0.29) is 63.3 Å². The van der Waals surface area contributed by atoms with Crippen molar-refractivity contribution in [2.24, 2.45) is 0 Å². The number of hydrogen-bond donors (Lipinski definition) is 5. The van der Waals surface area contributed by atoms with Gasteiger partial charge in [-0.2, -0.15) is 0 Å². The van der Waals surface area contributed by atoms with Crippen LogP contribution in [0.15, 0.2) is 39.5 Å². The van der Waals surface area contributed by atoms with Crippen LogP contribution in [0.5, 0.6) is 28.7 Å². The number of phenols is 4. The summed E-state index contributed by atoms with van der Waals surface area (Å²) in [6, 6.07) is 5.64. The number of phenolic OH excluding ortho intramolecular Hbond substituents is 4. The van der Waals surface area contributed by atoms with Crippen LogP contribution in [0.1, 0.15) is 0 Å². The normalized spacial score (nSPS) is 10.4. The number of hydrogen-bond acceptors (Lipinski definition) is 7. The second-order valence-electron chi connectivity index (χ2n) is 4.65. The Bertz CT molecular complexity index is 962. The van der Waals surface area contributed by atoms with Gasteiger partial charge >= 0.3 is 29.6 Å². The summed E-state index contributed by atoms with van der Waals surface area (Å²) in [6.07, 6.45) is 0. The second-order valence-corrected chi connectivity index (χ2v) is 4.65. The molecule has 0 fully saturated rings. The van der Waals surface area contributed by atoms with Gasteiger partial charge in [-0.05, 0) is 18.2 Å².